The summed E-state index contributed by atoms with van der Waals surface area (Å²) in [5, 5.41) is -1.54. The Hall–Kier alpha value is -2.20. The summed E-state index contributed by atoms with van der Waals surface area (Å²) in [6, 6.07) is 22.7. The van der Waals surface area contributed by atoms with Crippen LogP contribution in [0, 0.1) is 0 Å². The Morgan fingerprint density at radius 2 is 1.46 bits per heavy atom. The van der Waals surface area contributed by atoms with Gasteiger partial charge in [0.1, 0.15) is 5.25 Å². The van der Waals surface area contributed by atoms with Crippen LogP contribution in [-0.2, 0) is 11.2 Å². The van der Waals surface area contributed by atoms with Crippen molar-refractivity contribution in [2.75, 3.05) is 0 Å². The molecule has 144 valence electrons. The second kappa shape index (κ2) is 7.00. The number of alkyl halides is 3. The molecule has 3 aromatic carbocycles. The van der Waals surface area contributed by atoms with E-state index in [-0.39, 0.29) is 5.41 Å². The highest BCUT2D eigenvalue weighted by Gasteiger charge is 2.43. The molecule has 0 saturated carbocycles. The third-order valence-electron chi connectivity index (χ3n) is 5.47. The molecule has 0 fully saturated rings. The van der Waals surface area contributed by atoms with Crippen molar-refractivity contribution in [3.05, 3.63) is 95.1 Å². The number of rotatable bonds is 4. The van der Waals surface area contributed by atoms with E-state index in [1.54, 1.807) is 12.1 Å². The predicted molar refractivity (Wildman–Crippen MR) is 111 cm³/mol. The number of fused-ring (bicyclic) bond motifs is 3. The second-order valence-corrected chi connectivity index (χ2v) is 8.79. The Bertz CT molecular complexity index is 990. The van der Waals surface area contributed by atoms with Crippen LogP contribution in [0.25, 0.3) is 11.1 Å². The standard InChI is InChI=1S/C24H21F3S/c1-23(2)20-11-7-6-10-18(20)19-13-12-17(14-21(19)23)22(24(25,26)27)28-15-16-8-4-3-5-9-16/h3-14,22H,15H2,1-2H3/t22-/m0/s1. The number of halogens is 3. The average Bonchev–Trinajstić information content (AvgIpc) is 2.89. The predicted octanol–water partition coefficient (Wildman–Crippen LogP) is 7.53. The van der Waals surface area contributed by atoms with E-state index in [1.807, 2.05) is 54.6 Å². The van der Waals surface area contributed by atoms with Crippen molar-refractivity contribution < 1.29 is 13.2 Å². The molecular weight excluding hydrogens is 377 g/mol. The van der Waals surface area contributed by atoms with Crippen LogP contribution in [0.15, 0.2) is 72.8 Å². The van der Waals surface area contributed by atoms with Gasteiger partial charge in [-0.2, -0.15) is 13.2 Å². The highest BCUT2D eigenvalue weighted by molar-refractivity contribution is 7.98. The normalized spacial score (nSPS) is 15.8. The van der Waals surface area contributed by atoms with E-state index in [4.69, 9.17) is 0 Å². The van der Waals surface area contributed by atoms with E-state index in [9.17, 15) is 13.2 Å². The number of hydrogen-bond donors (Lipinski definition) is 0. The first-order chi connectivity index (χ1) is 13.3. The first kappa shape index (κ1) is 19.1. The molecule has 0 heterocycles. The summed E-state index contributed by atoms with van der Waals surface area (Å²) in [5.41, 5.74) is 5.22. The summed E-state index contributed by atoms with van der Waals surface area (Å²) in [7, 11) is 0. The summed E-state index contributed by atoms with van der Waals surface area (Å²) in [5.74, 6) is 0.325. The molecule has 0 amide bonds. The zero-order valence-corrected chi connectivity index (χ0v) is 16.6. The van der Waals surface area contributed by atoms with Crippen LogP contribution in [0.1, 0.15) is 41.4 Å². The maximum Gasteiger partial charge on any atom is 0.404 e. The van der Waals surface area contributed by atoms with Gasteiger partial charge < -0.3 is 0 Å². The number of benzene rings is 3. The lowest BCUT2D eigenvalue weighted by Gasteiger charge is -2.25. The van der Waals surface area contributed by atoms with Gasteiger partial charge in [-0.25, -0.2) is 0 Å². The van der Waals surface area contributed by atoms with Gasteiger partial charge in [-0.1, -0.05) is 86.6 Å². The van der Waals surface area contributed by atoms with Crippen molar-refractivity contribution in [3.8, 4) is 11.1 Å². The smallest absolute Gasteiger partial charge is 0.169 e. The first-order valence-corrected chi connectivity index (χ1v) is 10.3. The minimum Gasteiger partial charge on any atom is -0.169 e. The Labute approximate surface area is 167 Å². The molecule has 0 N–H and O–H groups in total. The van der Waals surface area contributed by atoms with Crippen molar-refractivity contribution in [1.82, 2.24) is 0 Å². The summed E-state index contributed by atoms with van der Waals surface area (Å²) < 4.78 is 41.7. The second-order valence-electron chi connectivity index (χ2n) is 7.69. The van der Waals surface area contributed by atoms with Gasteiger partial charge in [-0.05, 0) is 33.4 Å². The maximum atomic E-state index is 13.9. The monoisotopic (exact) mass is 398 g/mol. The van der Waals surface area contributed by atoms with Crippen LogP contribution in [0.4, 0.5) is 13.2 Å². The third kappa shape index (κ3) is 3.35. The van der Waals surface area contributed by atoms with Crippen LogP contribution in [0.2, 0.25) is 0 Å². The molecule has 1 aliphatic rings. The summed E-state index contributed by atoms with van der Waals surface area (Å²) in [6.45, 7) is 4.17. The average molecular weight is 398 g/mol. The molecule has 0 saturated heterocycles. The van der Waals surface area contributed by atoms with E-state index in [0.29, 0.717) is 11.3 Å². The molecule has 3 aromatic rings. The Morgan fingerprint density at radius 3 is 2.18 bits per heavy atom. The molecule has 0 nitrogen and oxygen atoms in total. The molecule has 1 atom stereocenters. The fourth-order valence-electron chi connectivity index (χ4n) is 4.02. The molecular formula is C24H21F3S. The minimum absolute atomic E-state index is 0.303. The lowest BCUT2D eigenvalue weighted by molar-refractivity contribution is -0.129. The van der Waals surface area contributed by atoms with Gasteiger partial charge in [0, 0.05) is 11.2 Å². The summed E-state index contributed by atoms with van der Waals surface area (Å²) >= 11 is 0.939. The number of hydrogen-bond acceptors (Lipinski definition) is 1. The van der Waals surface area contributed by atoms with Gasteiger partial charge in [0.25, 0.3) is 0 Å². The molecule has 0 radical (unpaired) electrons. The van der Waals surface area contributed by atoms with Crippen LogP contribution >= 0.6 is 11.8 Å². The molecule has 4 heteroatoms. The Morgan fingerprint density at radius 1 is 0.821 bits per heavy atom. The van der Waals surface area contributed by atoms with E-state index in [0.717, 1.165) is 34.0 Å². The van der Waals surface area contributed by atoms with Crippen LogP contribution in [0.3, 0.4) is 0 Å². The number of thioether (sulfide) groups is 1. The van der Waals surface area contributed by atoms with E-state index in [2.05, 4.69) is 19.9 Å². The highest BCUT2D eigenvalue weighted by atomic mass is 32.2. The van der Waals surface area contributed by atoms with Crippen molar-refractivity contribution in [1.29, 1.82) is 0 Å². The Kier molecular flexibility index (Phi) is 4.78. The van der Waals surface area contributed by atoms with Gasteiger partial charge in [-0.15, -0.1) is 11.8 Å². The molecule has 4 rings (SSSR count). The fraction of sp³-hybridized carbons (Fsp3) is 0.250. The topological polar surface area (TPSA) is 0 Å². The molecule has 0 aromatic heterocycles. The van der Waals surface area contributed by atoms with Crippen molar-refractivity contribution in [3.63, 3.8) is 0 Å². The minimum atomic E-state index is -4.30. The van der Waals surface area contributed by atoms with Crippen LogP contribution in [-0.4, -0.2) is 6.18 Å². The van der Waals surface area contributed by atoms with Crippen LogP contribution < -0.4 is 0 Å². The van der Waals surface area contributed by atoms with Crippen LogP contribution in [0.5, 0.6) is 0 Å². The molecule has 0 unspecified atom stereocenters. The largest absolute Gasteiger partial charge is 0.404 e. The molecule has 1 aliphatic carbocycles. The Balaban J connectivity index is 1.70. The molecule has 0 spiro atoms. The third-order valence-corrected chi connectivity index (χ3v) is 6.84. The molecule has 28 heavy (non-hydrogen) atoms. The van der Waals surface area contributed by atoms with E-state index < -0.39 is 11.4 Å². The summed E-state index contributed by atoms with van der Waals surface area (Å²) in [4.78, 5) is 0. The summed E-state index contributed by atoms with van der Waals surface area (Å²) in [6.07, 6.45) is -4.30. The lowest BCUT2D eigenvalue weighted by Crippen LogP contribution is -2.20. The van der Waals surface area contributed by atoms with Gasteiger partial charge in [0.05, 0.1) is 0 Å². The van der Waals surface area contributed by atoms with Crippen molar-refractivity contribution in [2.24, 2.45) is 0 Å². The van der Waals surface area contributed by atoms with Gasteiger partial charge in [0.15, 0.2) is 0 Å². The fourth-order valence-corrected chi connectivity index (χ4v) is 5.10. The highest BCUT2D eigenvalue weighted by Crippen LogP contribution is 2.51. The zero-order chi connectivity index (χ0) is 19.9. The molecule has 0 aliphatic heterocycles. The SMILES string of the molecule is CC1(C)c2ccccc2-c2ccc([C@H](SCc3ccccc3)C(F)(F)F)cc21. The first-order valence-electron chi connectivity index (χ1n) is 9.25. The van der Waals surface area contributed by atoms with E-state index in [1.165, 1.54) is 5.56 Å². The quantitative estimate of drug-likeness (QED) is 0.438. The lowest BCUT2D eigenvalue weighted by atomic mass is 9.82. The van der Waals surface area contributed by atoms with Gasteiger partial charge in [0.2, 0.25) is 0 Å². The van der Waals surface area contributed by atoms with Gasteiger partial charge in [-0.3, -0.25) is 0 Å². The van der Waals surface area contributed by atoms with Crippen molar-refractivity contribution >= 4 is 11.8 Å². The zero-order valence-electron chi connectivity index (χ0n) is 15.8. The van der Waals surface area contributed by atoms with Gasteiger partial charge >= 0.3 is 6.18 Å². The molecule has 0 bridgehead atoms. The maximum absolute atomic E-state index is 13.9. The van der Waals surface area contributed by atoms with E-state index >= 15 is 0 Å². The van der Waals surface area contributed by atoms with Crippen molar-refractivity contribution in [2.45, 2.75) is 36.4 Å².